The highest BCUT2D eigenvalue weighted by atomic mass is 16.4. The van der Waals surface area contributed by atoms with E-state index < -0.39 is 23.8 Å². The van der Waals surface area contributed by atoms with Crippen molar-refractivity contribution in [2.24, 2.45) is 0 Å². The minimum absolute atomic E-state index is 0.130. The van der Waals surface area contributed by atoms with Gasteiger partial charge in [-0.15, -0.1) is 12.8 Å². The van der Waals surface area contributed by atoms with E-state index in [-0.39, 0.29) is 33.6 Å². The Morgan fingerprint density at radius 3 is 1.38 bits per heavy atom. The number of benzene rings is 3. The third-order valence-corrected chi connectivity index (χ3v) is 4.70. The number of carboxylic acid groups (broad SMARTS) is 2. The average Bonchev–Trinajstić information content (AvgIpc) is 2.83. The lowest BCUT2D eigenvalue weighted by Crippen LogP contribution is -2.18. The van der Waals surface area contributed by atoms with Crippen molar-refractivity contribution in [1.82, 2.24) is 0 Å². The second-order valence-corrected chi connectivity index (χ2v) is 6.91. The molecule has 3 aromatic carbocycles. The summed E-state index contributed by atoms with van der Waals surface area (Å²) in [4.78, 5) is 48.4. The lowest BCUT2D eigenvalue weighted by Gasteiger charge is -2.12. The van der Waals surface area contributed by atoms with E-state index in [0.717, 1.165) is 0 Å². The number of aromatic carboxylic acids is 2. The number of carbonyl (C=O) groups excluding carboxylic acids is 2. The lowest BCUT2D eigenvalue weighted by atomic mass is 10.0. The predicted molar refractivity (Wildman–Crippen MR) is 125 cm³/mol. The molecule has 0 fully saturated rings. The maximum atomic E-state index is 12.7. The zero-order chi connectivity index (χ0) is 24.8. The summed E-state index contributed by atoms with van der Waals surface area (Å²) < 4.78 is 0. The number of hydrogen-bond acceptors (Lipinski definition) is 4. The van der Waals surface area contributed by atoms with E-state index in [9.17, 15) is 29.4 Å². The minimum atomic E-state index is -1.29. The number of rotatable bonds is 6. The monoisotopic (exact) mass is 452 g/mol. The number of carboxylic acids is 2. The van der Waals surface area contributed by atoms with Crippen LogP contribution in [0.5, 0.6) is 0 Å². The summed E-state index contributed by atoms with van der Waals surface area (Å²) in [6, 6.07) is 13.9. The smallest absolute Gasteiger partial charge is 0.336 e. The van der Waals surface area contributed by atoms with Crippen molar-refractivity contribution in [3.05, 3.63) is 94.0 Å². The van der Waals surface area contributed by atoms with Gasteiger partial charge in [0.1, 0.15) is 0 Å². The Kier molecular flexibility index (Phi) is 6.76. The molecule has 8 heteroatoms. The van der Waals surface area contributed by atoms with Crippen LogP contribution in [-0.4, -0.2) is 34.0 Å². The van der Waals surface area contributed by atoms with Crippen molar-refractivity contribution in [1.29, 1.82) is 0 Å². The Morgan fingerprint density at radius 2 is 1.03 bits per heavy atom. The quantitative estimate of drug-likeness (QED) is 0.423. The van der Waals surface area contributed by atoms with Crippen molar-refractivity contribution in [2.75, 3.05) is 10.6 Å². The number of terminal acetylenes is 2. The molecule has 34 heavy (non-hydrogen) atoms. The Hall–Kier alpha value is -5.34. The Labute approximate surface area is 194 Å². The Bertz CT molecular complexity index is 1320. The van der Waals surface area contributed by atoms with Crippen LogP contribution in [0.2, 0.25) is 0 Å². The summed E-state index contributed by atoms with van der Waals surface area (Å²) in [5.74, 6) is 0.673. The van der Waals surface area contributed by atoms with Gasteiger partial charge in [-0.25, -0.2) is 9.59 Å². The molecule has 0 unspecified atom stereocenters. The number of amides is 2. The fourth-order valence-corrected chi connectivity index (χ4v) is 3.09. The number of anilines is 2. The zero-order valence-corrected chi connectivity index (χ0v) is 17.5. The van der Waals surface area contributed by atoms with Gasteiger partial charge in [0.15, 0.2) is 0 Å². The topological polar surface area (TPSA) is 133 Å². The molecule has 0 atom stereocenters. The molecule has 0 aliphatic rings. The lowest BCUT2D eigenvalue weighted by molar-refractivity contribution is 0.0683. The van der Waals surface area contributed by atoms with Crippen LogP contribution in [0.15, 0.2) is 60.7 Å². The van der Waals surface area contributed by atoms with Crippen LogP contribution in [-0.2, 0) is 0 Å². The highest BCUT2D eigenvalue weighted by Crippen LogP contribution is 2.20. The second-order valence-electron chi connectivity index (χ2n) is 6.91. The molecule has 0 aromatic heterocycles. The molecule has 0 aliphatic heterocycles. The first kappa shape index (κ1) is 23.3. The second kappa shape index (κ2) is 9.86. The van der Waals surface area contributed by atoms with Crippen LogP contribution in [0.3, 0.4) is 0 Å². The highest BCUT2D eigenvalue weighted by molar-refractivity contribution is 6.12. The number of nitrogens with one attached hydrogen (secondary N) is 2. The molecule has 8 nitrogen and oxygen atoms in total. The van der Waals surface area contributed by atoms with E-state index in [2.05, 4.69) is 22.5 Å². The molecule has 0 bridgehead atoms. The van der Waals surface area contributed by atoms with Gasteiger partial charge in [0.05, 0.1) is 22.3 Å². The molecule has 0 aliphatic carbocycles. The molecule has 0 saturated heterocycles. The van der Waals surface area contributed by atoms with Crippen molar-refractivity contribution >= 4 is 35.1 Å². The van der Waals surface area contributed by atoms with E-state index in [1.807, 2.05) is 0 Å². The van der Waals surface area contributed by atoms with Crippen molar-refractivity contribution in [3.8, 4) is 24.7 Å². The largest absolute Gasteiger partial charge is 0.478 e. The normalized spacial score (nSPS) is 9.82. The fourth-order valence-electron chi connectivity index (χ4n) is 3.09. The predicted octanol–water partition coefficient (Wildman–Crippen LogP) is 3.55. The van der Waals surface area contributed by atoms with Gasteiger partial charge in [-0.05, 0) is 54.6 Å². The van der Waals surface area contributed by atoms with E-state index >= 15 is 0 Å². The van der Waals surface area contributed by atoms with Gasteiger partial charge < -0.3 is 20.8 Å². The van der Waals surface area contributed by atoms with Gasteiger partial charge in [0.25, 0.3) is 11.8 Å². The van der Waals surface area contributed by atoms with Crippen LogP contribution < -0.4 is 10.6 Å². The molecule has 166 valence electrons. The molecular formula is C26H16N2O6. The minimum Gasteiger partial charge on any atom is -0.478 e. The van der Waals surface area contributed by atoms with Crippen LogP contribution in [0, 0.1) is 24.7 Å². The summed E-state index contributed by atoms with van der Waals surface area (Å²) >= 11 is 0. The number of hydrogen-bond donors (Lipinski definition) is 4. The van der Waals surface area contributed by atoms with Gasteiger partial charge in [-0.2, -0.15) is 0 Å². The fraction of sp³-hybridized carbons (Fsp3) is 0. The van der Waals surface area contributed by atoms with Gasteiger partial charge >= 0.3 is 11.9 Å². The molecular weight excluding hydrogens is 436 g/mol. The Balaban J connectivity index is 1.86. The number of carbonyl (C=O) groups is 4. The van der Waals surface area contributed by atoms with Crippen molar-refractivity contribution in [3.63, 3.8) is 0 Å². The molecule has 0 spiro atoms. The van der Waals surface area contributed by atoms with Crippen LogP contribution in [0.4, 0.5) is 11.4 Å². The molecule has 0 radical (unpaired) electrons. The first-order valence-electron chi connectivity index (χ1n) is 9.64. The van der Waals surface area contributed by atoms with E-state index in [0.29, 0.717) is 11.1 Å². The summed E-state index contributed by atoms with van der Waals surface area (Å²) in [5.41, 5.74) is 0.455. The molecule has 4 N–H and O–H groups in total. The van der Waals surface area contributed by atoms with Crippen LogP contribution >= 0.6 is 0 Å². The van der Waals surface area contributed by atoms with Gasteiger partial charge in [0, 0.05) is 22.5 Å². The summed E-state index contributed by atoms with van der Waals surface area (Å²) in [6.45, 7) is 0. The van der Waals surface area contributed by atoms with E-state index in [1.54, 1.807) is 0 Å². The molecule has 0 heterocycles. The summed E-state index contributed by atoms with van der Waals surface area (Å²) in [5, 5.41) is 23.8. The zero-order valence-electron chi connectivity index (χ0n) is 17.5. The van der Waals surface area contributed by atoms with Crippen molar-refractivity contribution < 1.29 is 29.4 Å². The van der Waals surface area contributed by atoms with E-state index in [4.69, 9.17) is 12.8 Å². The van der Waals surface area contributed by atoms with Gasteiger partial charge in [-0.3, -0.25) is 9.59 Å². The third-order valence-electron chi connectivity index (χ3n) is 4.70. The molecule has 2 amide bonds. The van der Waals surface area contributed by atoms with Crippen LogP contribution in [0.25, 0.3) is 0 Å². The molecule has 3 aromatic rings. The first-order valence-corrected chi connectivity index (χ1v) is 9.64. The average molecular weight is 452 g/mol. The maximum absolute atomic E-state index is 12.7. The molecule has 3 rings (SSSR count). The highest BCUT2D eigenvalue weighted by Gasteiger charge is 2.19. The summed E-state index contributed by atoms with van der Waals surface area (Å²) in [6.07, 6.45) is 10.7. The SMILES string of the molecule is C#Cc1ccc(C(=O)O)c(C(=O)Nc2cccc(NC(=O)c3cc(C#C)ccc3C(=O)O)c2)c1. The van der Waals surface area contributed by atoms with Crippen LogP contribution in [0.1, 0.15) is 52.6 Å². The van der Waals surface area contributed by atoms with E-state index in [1.165, 1.54) is 60.7 Å². The first-order chi connectivity index (χ1) is 16.2. The Morgan fingerprint density at radius 1 is 0.618 bits per heavy atom. The van der Waals surface area contributed by atoms with Crippen molar-refractivity contribution in [2.45, 2.75) is 0 Å². The molecule has 0 saturated carbocycles. The maximum Gasteiger partial charge on any atom is 0.336 e. The summed E-state index contributed by atoms with van der Waals surface area (Å²) in [7, 11) is 0. The van der Waals surface area contributed by atoms with Gasteiger partial charge in [0.2, 0.25) is 0 Å². The van der Waals surface area contributed by atoms with Gasteiger partial charge in [-0.1, -0.05) is 17.9 Å². The standard InChI is InChI=1S/C26H16N2O6/c1-3-15-8-10-19(25(31)32)21(12-15)23(29)27-17-6-5-7-18(14-17)28-24(30)22-13-16(4-2)9-11-20(22)26(33)34/h1-2,5-14H,(H,27,29)(H,28,30)(H,31,32)(H,33,34). The third kappa shape index (κ3) is 5.10.